The van der Waals surface area contributed by atoms with Crippen LogP contribution in [0.1, 0.15) is 0 Å². The first-order chi connectivity index (χ1) is 14.6. The van der Waals surface area contributed by atoms with Crippen LogP contribution in [0, 0.1) is 21.7 Å². The van der Waals surface area contributed by atoms with E-state index in [4.69, 9.17) is 4.74 Å². The Morgan fingerprint density at radius 1 is 1.06 bits per heavy atom. The Morgan fingerprint density at radius 3 is 2.42 bits per heavy atom. The summed E-state index contributed by atoms with van der Waals surface area (Å²) in [5, 5.41) is 17.1. The lowest BCUT2D eigenvalue weighted by molar-refractivity contribution is -0.388. The second kappa shape index (κ2) is 8.65. The van der Waals surface area contributed by atoms with E-state index in [0.717, 1.165) is 19.4 Å². The van der Waals surface area contributed by atoms with Crippen molar-refractivity contribution in [3.63, 3.8) is 0 Å². The molecular weight excluding hydrogens is 431 g/mol. The molecule has 0 spiro atoms. The Labute approximate surface area is 176 Å². The largest absolute Gasteiger partial charge is 0.489 e. The molecule has 0 radical (unpaired) electrons. The number of nitrogens with one attached hydrogen (secondary N) is 2. The SMILES string of the molecule is COc1c(Nc2ncc(F)c(Nc3ccccc3P(C)(C)=O)n2)ccc(F)c1[N+](=O)[O-]. The molecule has 0 amide bonds. The molecule has 162 valence electrons. The van der Waals surface area contributed by atoms with E-state index in [1.54, 1.807) is 37.6 Å². The zero-order valence-corrected chi connectivity index (χ0v) is 17.6. The van der Waals surface area contributed by atoms with Crippen LogP contribution in [0.5, 0.6) is 5.75 Å². The lowest BCUT2D eigenvalue weighted by Gasteiger charge is -2.15. The van der Waals surface area contributed by atoms with Crippen LogP contribution in [-0.2, 0) is 4.57 Å². The number of methoxy groups -OCH3 is 1. The summed E-state index contributed by atoms with van der Waals surface area (Å²) in [5.74, 6) is -2.56. The lowest BCUT2D eigenvalue weighted by atomic mass is 10.2. The minimum atomic E-state index is -2.66. The molecule has 0 unspecified atom stereocenters. The van der Waals surface area contributed by atoms with Crippen LogP contribution in [-0.4, -0.2) is 35.3 Å². The number of nitrogens with zero attached hydrogens (tertiary/aromatic N) is 3. The minimum absolute atomic E-state index is 0.0141. The normalized spacial score (nSPS) is 11.1. The van der Waals surface area contributed by atoms with Crippen LogP contribution in [0.3, 0.4) is 0 Å². The summed E-state index contributed by atoms with van der Waals surface area (Å²) in [6.07, 6.45) is 0.891. The van der Waals surface area contributed by atoms with Crippen molar-refractivity contribution in [2.45, 2.75) is 0 Å². The third-order valence-corrected chi connectivity index (χ3v) is 5.75. The van der Waals surface area contributed by atoms with E-state index in [2.05, 4.69) is 20.6 Å². The molecule has 12 heteroatoms. The first-order valence-corrected chi connectivity index (χ1v) is 11.4. The van der Waals surface area contributed by atoms with E-state index >= 15 is 0 Å². The van der Waals surface area contributed by atoms with Gasteiger partial charge in [-0.05, 0) is 37.6 Å². The van der Waals surface area contributed by atoms with Gasteiger partial charge >= 0.3 is 5.69 Å². The smallest absolute Gasteiger partial charge is 0.348 e. The van der Waals surface area contributed by atoms with Gasteiger partial charge in [0.2, 0.25) is 17.5 Å². The van der Waals surface area contributed by atoms with Crippen LogP contribution in [0.25, 0.3) is 0 Å². The summed E-state index contributed by atoms with van der Waals surface area (Å²) in [7, 11) is -1.52. The number of nitro benzene ring substituents is 1. The number of aromatic nitrogens is 2. The van der Waals surface area contributed by atoms with Crippen LogP contribution >= 0.6 is 7.14 Å². The van der Waals surface area contributed by atoms with Crippen LogP contribution in [0.4, 0.5) is 37.6 Å². The highest BCUT2D eigenvalue weighted by molar-refractivity contribution is 7.70. The molecule has 0 aliphatic heterocycles. The molecule has 0 bridgehead atoms. The van der Waals surface area contributed by atoms with Crippen molar-refractivity contribution in [1.82, 2.24) is 9.97 Å². The maximum atomic E-state index is 14.3. The molecule has 2 aromatic carbocycles. The number of ether oxygens (including phenoxy) is 1. The summed E-state index contributed by atoms with van der Waals surface area (Å²) in [5.41, 5.74) is -0.432. The van der Waals surface area contributed by atoms with Gasteiger partial charge in [0.15, 0.2) is 11.6 Å². The van der Waals surface area contributed by atoms with Crippen molar-refractivity contribution in [2.75, 3.05) is 31.1 Å². The quantitative estimate of drug-likeness (QED) is 0.309. The molecule has 9 nitrogen and oxygen atoms in total. The van der Waals surface area contributed by atoms with E-state index in [-0.39, 0.29) is 23.2 Å². The summed E-state index contributed by atoms with van der Waals surface area (Å²) >= 11 is 0. The molecule has 0 fully saturated rings. The van der Waals surface area contributed by atoms with Crippen molar-refractivity contribution >= 4 is 41.3 Å². The fourth-order valence-electron chi connectivity index (χ4n) is 2.83. The van der Waals surface area contributed by atoms with Crippen molar-refractivity contribution in [3.8, 4) is 5.75 Å². The van der Waals surface area contributed by atoms with E-state index in [1.807, 2.05) is 0 Å². The molecule has 0 aliphatic rings. The van der Waals surface area contributed by atoms with E-state index in [1.165, 1.54) is 6.07 Å². The van der Waals surface area contributed by atoms with Gasteiger partial charge in [-0.3, -0.25) is 10.1 Å². The van der Waals surface area contributed by atoms with Gasteiger partial charge in [-0.15, -0.1) is 0 Å². The maximum Gasteiger partial charge on any atom is 0.348 e. The van der Waals surface area contributed by atoms with Crippen molar-refractivity contribution in [1.29, 1.82) is 0 Å². The number of hydrogen-bond donors (Lipinski definition) is 2. The van der Waals surface area contributed by atoms with Gasteiger partial charge in [0.25, 0.3) is 0 Å². The van der Waals surface area contributed by atoms with Gasteiger partial charge in [-0.25, -0.2) is 9.37 Å². The molecule has 1 heterocycles. The molecule has 0 saturated carbocycles. The van der Waals surface area contributed by atoms with E-state index in [9.17, 15) is 23.5 Å². The Bertz CT molecular complexity index is 1200. The molecule has 1 aromatic heterocycles. The van der Waals surface area contributed by atoms with E-state index < -0.39 is 29.4 Å². The van der Waals surface area contributed by atoms with Crippen LogP contribution < -0.4 is 20.7 Å². The predicted octanol–water partition coefficient (Wildman–Crippen LogP) is 4.41. The number of rotatable bonds is 7. The van der Waals surface area contributed by atoms with Crippen molar-refractivity contribution < 1.29 is 23.0 Å². The number of para-hydroxylation sites is 1. The fourth-order valence-corrected chi connectivity index (χ4v) is 3.99. The molecule has 0 saturated heterocycles. The van der Waals surface area contributed by atoms with Gasteiger partial charge in [-0.2, -0.15) is 9.37 Å². The van der Waals surface area contributed by atoms with Gasteiger partial charge in [0, 0.05) is 5.30 Å². The predicted molar refractivity (Wildman–Crippen MR) is 114 cm³/mol. The Balaban J connectivity index is 1.98. The van der Waals surface area contributed by atoms with Gasteiger partial charge in [0.1, 0.15) is 7.14 Å². The summed E-state index contributed by atoms with van der Waals surface area (Å²) in [4.78, 5) is 18.1. The van der Waals surface area contributed by atoms with Gasteiger partial charge in [-0.1, -0.05) is 12.1 Å². The summed E-state index contributed by atoms with van der Waals surface area (Å²) < 4.78 is 45.7. The molecule has 0 aliphatic carbocycles. The van der Waals surface area contributed by atoms with Gasteiger partial charge < -0.3 is 19.9 Å². The van der Waals surface area contributed by atoms with Crippen molar-refractivity contribution in [3.05, 3.63) is 64.3 Å². The minimum Gasteiger partial charge on any atom is -0.489 e. The number of nitro groups is 1. The van der Waals surface area contributed by atoms with E-state index in [0.29, 0.717) is 11.0 Å². The Morgan fingerprint density at radius 2 is 1.77 bits per heavy atom. The van der Waals surface area contributed by atoms with Crippen LogP contribution in [0.2, 0.25) is 0 Å². The monoisotopic (exact) mass is 449 g/mol. The highest BCUT2D eigenvalue weighted by Crippen LogP contribution is 2.39. The van der Waals surface area contributed by atoms with Crippen LogP contribution in [0.15, 0.2) is 42.6 Å². The lowest BCUT2D eigenvalue weighted by Crippen LogP contribution is -2.11. The zero-order valence-electron chi connectivity index (χ0n) is 16.7. The third kappa shape index (κ3) is 4.77. The van der Waals surface area contributed by atoms with Crippen molar-refractivity contribution in [2.24, 2.45) is 0 Å². The number of anilines is 4. The molecular formula is C19H18F2N5O4P. The molecule has 2 N–H and O–H groups in total. The summed E-state index contributed by atoms with van der Waals surface area (Å²) in [6.45, 7) is 3.18. The zero-order chi connectivity index (χ0) is 22.8. The molecule has 31 heavy (non-hydrogen) atoms. The third-order valence-electron chi connectivity index (χ3n) is 4.20. The molecule has 0 atom stereocenters. The number of hydrogen-bond acceptors (Lipinski definition) is 8. The van der Waals surface area contributed by atoms with Gasteiger partial charge in [0.05, 0.1) is 29.6 Å². The summed E-state index contributed by atoms with van der Waals surface area (Å²) in [6, 6.07) is 8.82. The first-order valence-electron chi connectivity index (χ1n) is 8.84. The molecule has 3 aromatic rings. The topological polar surface area (TPSA) is 119 Å². The number of benzene rings is 2. The first kappa shape index (κ1) is 22.1. The highest BCUT2D eigenvalue weighted by Gasteiger charge is 2.25. The second-order valence-electron chi connectivity index (χ2n) is 6.74. The second-order valence-corrected chi connectivity index (χ2v) is 9.93. The Kier molecular flexibility index (Phi) is 6.16. The Hall–Kier alpha value is -3.59. The standard InChI is InChI=1S/C19H18F2N5O4P/c1-30-17-14(9-8-11(20)16(17)26(27)28)24-19-22-10-12(21)18(25-19)23-13-6-4-5-7-15(13)31(2,3)29/h4-10H,1-3H3,(H2,22,23,24,25). The highest BCUT2D eigenvalue weighted by atomic mass is 31.2. The molecule has 3 rings (SSSR count). The fraction of sp³-hybridized carbons (Fsp3) is 0.158. The average molecular weight is 449 g/mol. The number of halogens is 2. The average Bonchev–Trinajstić information content (AvgIpc) is 2.70. The maximum absolute atomic E-state index is 14.3.